The summed E-state index contributed by atoms with van der Waals surface area (Å²) in [6, 6.07) is 0. The van der Waals surface area contributed by atoms with E-state index in [0.29, 0.717) is 19.3 Å². The summed E-state index contributed by atoms with van der Waals surface area (Å²) in [5.74, 6) is -0.914. The molecule has 0 aromatic carbocycles. The topological polar surface area (TPSA) is 78.9 Å². The number of allylic oxidation sites excluding steroid dienone is 14. The molecule has 73 heavy (non-hydrogen) atoms. The van der Waals surface area contributed by atoms with Gasteiger partial charge in [0, 0.05) is 19.3 Å². The summed E-state index contributed by atoms with van der Waals surface area (Å²) in [6.07, 6.45) is 80.2. The van der Waals surface area contributed by atoms with Crippen molar-refractivity contribution in [3.63, 3.8) is 0 Å². The second kappa shape index (κ2) is 61.1. The predicted octanol–water partition coefficient (Wildman–Crippen LogP) is 21.1. The van der Waals surface area contributed by atoms with Crippen molar-refractivity contribution < 1.29 is 28.6 Å². The van der Waals surface area contributed by atoms with Crippen molar-refractivity contribution >= 4 is 17.9 Å². The lowest BCUT2D eigenvalue weighted by Gasteiger charge is -2.18. The number of unbranched alkanes of at least 4 members (excludes halogenated alkanes) is 31. The Hall–Kier alpha value is -3.41. The number of esters is 3. The summed E-state index contributed by atoms with van der Waals surface area (Å²) >= 11 is 0. The van der Waals surface area contributed by atoms with Crippen LogP contribution in [0.15, 0.2) is 85.1 Å². The first-order chi connectivity index (χ1) is 36.0. The van der Waals surface area contributed by atoms with Crippen molar-refractivity contribution in [2.24, 2.45) is 0 Å². The Labute approximate surface area is 452 Å². The molecule has 0 rings (SSSR count). The Bertz CT molecular complexity index is 1400. The van der Waals surface area contributed by atoms with Crippen LogP contribution in [0.5, 0.6) is 0 Å². The van der Waals surface area contributed by atoms with Crippen molar-refractivity contribution in [1.29, 1.82) is 0 Å². The van der Waals surface area contributed by atoms with Gasteiger partial charge in [0.1, 0.15) is 13.2 Å². The van der Waals surface area contributed by atoms with Crippen LogP contribution in [0.1, 0.15) is 303 Å². The van der Waals surface area contributed by atoms with Gasteiger partial charge in [-0.2, -0.15) is 0 Å². The minimum atomic E-state index is -0.794. The SMILES string of the molecule is CC/C=C\C/C=C\C/C=C\CCCCCCCC(=O)OCC(COC(=O)CCCCCCCCCCCCCCC/C=C\CCCCCCCCCC)OC(=O)CCCCCCC/C=C\C/C=C\C/C=C\CC. The molecule has 0 N–H and O–H groups in total. The lowest BCUT2D eigenvalue weighted by molar-refractivity contribution is -0.167. The van der Waals surface area contributed by atoms with Crippen molar-refractivity contribution in [3.8, 4) is 0 Å². The molecule has 1 unspecified atom stereocenters. The summed E-state index contributed by atoms with van der Waals surface area (Å²) in [5.41, 5.74) is 0. The van der Waals surface area contributed by atoms with E-state index in [0.717, 1.165) is 135 Å². The minimum Gasteiger partial charge on any atom is -0.462 e. The Kier molecular flexibility index (Phi) is 58.3. The van der Waals surface area contributed by atoms with Gasteiger partial charge in [-0.25, -0.2) is 0 Å². The molecule has 0 fully saturated rings. The van der Waals surface area contributed by atoms with Gasteiger partial charge in [0.25, 0.3) is 0 Å². The molecule has 0 aromatic heterocycles. The van der Waals surface area contributed by atoms with Gasteiger partial charge in [0.15, 0.2) is 6.10 Å². The van der Waals surface area contributed by atoms with Crippen LogP contribution in [-0.2, 0) is 28.6 Å². The van der Waals surface area contributed by atoms with Crippen LogP contribution in [-0.4, -0.2) is 37.2 Å². The number of rotatable bonds is 56. The normalized spacial score (nSPS) is 12.6. The molecule has 6 nitrogen and oxygen atoms in total. The average Bonchev–Trinajstić information content (AvgIpc) is 3.39. The van der Waals surface area contributed by atoms with Crippen molar-refractivity contribution in [2.75, 3.05) is 13.2 Å². The van der Waals surface area contributed by atoms with Crippen molar-refractivity contribution in [1.82, 2.24) is 0 Å². The van der Waals surface area contributed by atoms with Crippen LogP contribution in [0.25, 0.3) is 0 Å². The van der Waals surface area contributed by atoms with Crippen LogP contribution in [0.3, 0.4) is 0 Å². The summed E-state index contributed by atoms with van der Waals surface area (Å²) in [7, 11) is 0. The van der Waals surface area contributed by atoms with Gasteiger partial charge in [-0.3, -0.25) is 14.4 Å². The van der Waals surface area contributed by atoms with E-state index in [-0.39, 0.29) is 31.1 Å². The maximum atomic E-state index is 12.9. The van der Waals surface area contributed by atoms with Crippen molar-refractivity contribution in [3.05, 3.63) is 85.1 Å². The lowest BCUT2D eigenvalue weighted by Crippen LogP contribution is -2.30. The van der Waals surface area contributed by atoms with Crippen LogP contribution >= 0.6 is 0 Å². The third-order valence-corrected chi connectivity index (χ3v) is 13.4. The highest BCUT2D eigenvalue weighted by Crippen LogP contribution is 2.16. The average molecular weight is 1020 g/mol. The number of ether oxygens (including phenoxy) is 3. The summed E-state index contributed by atoms with van der Waals surface area (Å²) in [6.45, 7) is 6.41. The maximum absolute atomic E-state index is 12.9. The molecule has 0 aliphatic rings. The Balaban J connectivity index is 4.31. The molecule has 420 valence electrons. The largest absolute Gasteiger partial charge is 0.462 e. The van der Waals surface area contributed by atoms with Crippen molar-refractivity contribution in [2.45, 2.75) is 309 Å². The summed E-state index contributed by atoms with van der Waals surface area (Å²) < 4.78 is 16.9. The predicted molar refractivity (Wildman–Crippen MR) is 316 cm³/mol. The first-order valence-electron chi connectivity index (χ1n) is 31.1. The zero-order valence-electron chi connectivity index (χ0n) is 48.1. The molecule has 0 aliphatic heterocycles. The van der Waals surface area contributed by atoms with Gasteiger partial charge in [-0.15, -0.1) is 0 Å². The molecule has 0 spiro atoms. The summed E-state index contributed by atoms with van der Waals surface area (Å²) in [5, 5.41) is 0. The van der Waals surface area contributed by atoms with E-state index in [1.54, 1.807) is 0 Å². The standard InChI is InChI=1S/C67H116O6/c1-4-7-10-13-16-19-22-25-28-29-30-31-32-33-34-35-36-37-40-42-45-48-51-54-57-60-66(69)72-63-64(73-67(70)61-58-55-52-49-46-43-39-27-24-21-18-15-12-9-6-3)62-71-65(68)59-56-53-50-47-44-41-38-26-23-20-17-14-11-8-5-2/h8-9,11-12,17-18,20-21,26-27,29-30,38-39,64H,4-7,10,13-16,19,22-25,28,31-37,40-63H2,1-3H3/b11-8-,12-9-,20-17-,21-18-,30-29-,38-26-,39-27-. The quantitative estimate of drug-likeness (QED) is 0.0261. The van der Waals surface area contributed by atoms with Gasteiger partial charge in [0.2, 0.25) is 0 Å². The molecule has 0 aliphatic carbocycles. The first kappa shape index (κ1) is 69.6. The third kappa shape index (κ3) is 59.3. The smallest absolute Gasteiger partial charge is 0.306 e. The molecule has 0 heterocycles. The molecular weight excluding hydrogens is 901 g/mol. The molecule has 6 heteroatoms. The van der Waals surface area contributed by atoms with E-state index < -0.39 is 6.10 Å². The number of hydrogen-bond donors (Lipinski definition) is 0. The molecule has 0 saturated heterocycles. The highest BCUT2D eigenvalue weighted by Gasteiger charge is 2.19. The van der Waals surface area contributed by atoms with E-state index in [4.69, 9.17) is 14.2 Å². The Morgan fingerprint density at radius 3 is 0.849 bits per heavy atom. The molecule has 0 bridgehead atoms. The van der Waals surface area contributed by atoms with Gasteiger partial charge < -0.3 is 14.2 Å². The third-order valence-electron chi connectivity index (χ3n) is 13.4. The van der Waals surface area contributed by atoms with E-state index in [1.165, 1.54) is 128 Å². The zero-order valence-corrected chi connectivity index (χ0v) is 48.1. The Morgan fingerprint density at radius 2 is 0.534 bits per heavy atom. The minimum absolute atomic E-state index is 0.0884. The van der Waals surface area contributed by atoms with Crippen LogP contribution in [0.2, 0.25) is 0 Å². The molecule has 0 aromatic rings. The monoisotopic (exact) mass is 1020 g/mol. The van der Waals surface area contributed by atoms with Gasteiger partial charge in [0.05, 0.1) is 0 Å². The Morgan fingerprint density at radius 1 is 0.288 bits per heavy atom. The molecule has 0 amide bonds. The number of carbonyl (C=O) groups excluding carboxylic acids is 3. The zero-order chi connectivity index (χ0) is 52.9. The molecule has 0 saturated carbocycles. The highest BCUT2D eigenvalue weighted by atomic mass is 16.6. The van der Waals surface area contributed by atoms with E-state index in [1.807, 2.05) is 0 Å². The summed E-state index contributed by atoms with van der Waals surface area (Å²) in [4.78, 5) is 38.2. The van der Waals surface area contributed by atoms with Crippen LogP contribution in [0, 0.1) is 0 Å². The number of hydrogen-bond acceptors (Lipinski definition) is 6. The van der Waals surface area contributed by atoms with E-state index in [2.05, 4.69) is 106 Å². The van der Waals surface area contributed by atoms with E-state index >= 15 is 0 Å². The van der Waals surface area contributed by atoms with Crippen LogP contribution < -0.4 is 0 Å². The fourth-order valence-electron chi connectivity index (χ4n) is 8.76. The maximum Gasteiger partial charge on any atom is 0.306 e. The molecule has 1 atom stereocenters. The lowest BCUT2D eigenvalue weighted by atomic mass is 10.0. The van der Waals surface area contributed by atoms with Crippen LogP contribution in [0.4, 0.5) is 0 Å². The van der Waals surface area contributed by atoms with E-state index in [9.17, 15) is 14.4 Å². The van der Waals surface area contributed by atoms with Gasteiger partial charge in [-0.05, 0) is 109 Å². The fraction of sp³-hybridized carbons (Fsp3) is 0.746. The second-order valence-electron chi connectivity index (χ2n) is 20.5. The highest BCUT2D eigenvalue weighted by molar-refractivity contribution is 5.71. The second-order valence-corrected chi connectivity index (χ2v) is 20.5. The van der Waals surface area contributed by atoms with Gasteiger partial charge >= 0.3 is 17.9 Å². The fourth-order valence-corrected chi connectivity index (χ4v) is 8.76. The molecular formula is C67H116O6. The first-order valence-corrected chi connectivity index (χ1v) is 31.1. The molecule has 0 radical (unpaired) electrons. The number of carbonyl (C=O) groups is 3. The van der Waals surface area contributed by atoms with Gasteiger partial charge in [-0.1, -0.05) is 260 Å².